The molecule has 1 aliphatic rings. The van der Waals surface area contributed by atoms with Gasteiger partial charge in [-0.1, -0.05) is 18.5 Å². The summed E-state index contributed by atoms with van der Waals surface area (Å²) in [5, 5.41) is 10.9. The molecule has 0 saturated heterocycles. The van der Waals surface area contributed by atoms with Crippen LogP contribution in [-0.4, -0.2) is 50.0 Å². The quantitative estimate of drug-likeness (QED) is 0.417. The fourth-order valence-electron chi connectivity index (χ4n) is 3.43. The zero-order valence-electron chi connectivity index (χ0n) is 20.2. The number of carbonyl (C=O) groups is 2. The summed E-state index contributed by atoms with van der Waals surface area (Å²) < 4.78 is 91.1. The first-order valence-electron chi connectivity index (χ1n) is 11.0. The molecule has 0 saturated carbocycles. The highest BCUT2D eigenvalue weighted by molar-refractivity contribution is 7.92. The van der Waals surface area contributed by atoms with Gasteiger partial charge in [-0.05, 0) is 56.7 Å². The number of hydrogen-bond acceptors (Lipinski definition) is 6. The van der Waals surface area contributed by atoms with E-state index in [9.17, 15) is 40.7 Å². The molecule has 0 aliphatic carbocycles. The first-order chi connectivity index (χ1) is 17.4. The van der Waals surface area contributed by atoms with Crippen molar-refractivity contribution < 1.29 is 50.1 Å². The Bertz CT molecular complexity index is 1350. The molecule has 9 nitrogen and oxygen atoms in total. The minimum absolute atomic E-state index is 0.00911. The highest BCUT2D eigenvalue weighted by atomic mass is 35.5. The van der Waals surface area contributed by atoms with Crippen LogP contribution in [0.2, 0.25) is 5.02 Å². The molecule has 1 amide bonds. The normalized spacial score (nSPS) is 16.7. The first kappa shape index (κ1) is 29.3. The summed E-state index contributed by atoms with van der Waals surface area (Å²) in [5.41, 5.74) is -3.04. The number of amides is 1. The van der Waals surface area contributed by atoms with E-state index in [0.717, 1.165) is 28.6 Å². The standard InChI is InChI=1S/C23H23ClF4N2O7S/c1-12(20(31)32)8-14-11-30(38(34,35)15-5-6-17(25)16(24)10-15)18-9-13(4-7-19(18)36-14)29-21(33)37-22(2,3)23(26,27)28/h4-7,9-10,12,14H,8,11H2,1-3H3,(H,29,33)(H,31,32)/t12?,14-/m0/s1. The SMILES string of the molecule is CC(C[C@H]1CN(S(=O)(=O)c2ccc(F)c(Cl)c2)c2cc(NC(=O)OC(C)(C)C(F)(F)F)ccc2O1)C(=O)O. The molecular formula is C23H23ClF4N2O7S. The number of nitrogens with one attached hydrogen (secondary N) is 1. The maximum absolute atomic E-state index is 13.7. The molecule has 0 spiro atoms. The number of rotatable bonds is 7. The number of nitrogens with zero attached hydrogens (tertiary/aromatic N) is 1. The van der Waals surface area contributed by atoms with Crippen molar-refractivity contribution in [2.45, 2.75) is 50.0 Å². The van der Waals surface area contributed by atoms with Crippen LogP contribution in [0.3, 0.4) is 0 Å². The average Bonchev–Trinajstić information content (AvgIpc) is 2.79. The molecule has 208 valence electrons. The molecule has 2 atom stereocenters. The highest BCUT2D eigenvalue weighted by Gasteiger charge is 2.51. The van der Waals surface area contributed by atoms with Crippen LogP contribution in [0.15, 0.2) is 41.3 Å². The zero-order valence-corrected chi connectivity index (χ0v) is 21.7. The van der Waals surface area contributed by atoms with Crippen molar-refractivity contribution in [2.24, 2.45) is 5.92 Å². The van der Waals surface area contributed by atoms with E-state index in [2.05, 4.69) is 10.1 Å². The maximum atomic E-state index is 13.7. The molecule has 3 rings (SSSR count). The fourth-order valence-corrected chi connectivity index (χ4v) is 5.20. The van der Waals surface area contributed by atoms with Gasteiger partial charge in [0.1, 0.15) is 17.7 Å². The second-order valence-electron chi connectivity index (χ2n) is 9.03. The smallest absolute Gasteiger partial charge is 0.427 e. The number of carbonyl (C=O) groups excluding carboxylic acids is 1. The molecule has 1 aliphatic heterocycles. The number of carboxylic acids is 1. The molecule has 1 heterocycles. The number of fused-ring (bicyclic) bond motifs is 1. The van der Waals surface area contributed by atoms with Gasteiger partial charge >= 0.3 is 18.2 Å². The third-order valence-electron chi connectivity index (χ3n) is 5.68. The Hall–Kier alpha value is -3.26. The van der Waals surface area contributed by atoms with Crippen molar-refractivity contribution in [3.8, 4) is 5.75 Å². The van der Waals surface area contributed by atoms with Crippen molar-refractivity contribution in [3.63, 3.8) is 0 Å². The van der Waals surface area contributed by atoms with Gasteiger partial charge in [0.25, 0.3) is 10.0 Å². The average molecular weight is 583 g/mol. The summed E-state index contributed by atoms with van der Waals surface area (Å²) >= 11 is 5.77. The number of aliphatic carboxylic acids is 1. The minimum atomic E-state index is -4.85. The first-order valence-corrected chi connectivity index (χ1v) is 12.8. The predicted octanol–water partition coefficient (Wildman–Crippen LogP) is 5.44. The van der Waals surface area contributed by atoms with Crippen LogP contribution in [0, 0.1) is 11.7 Å². The van der Waals surface area contributed by atoms with Crippen LogP contribution in [0.25, 0.3) is 0 Å². The van der Waals surface area contributed by atoms with Gasteiger partial charge in [0, 0.05) is 5.69 Å². The predicted molar refractivity (Wildman–Crippen MR) is 128 cm³/mol. The summed E-state index contributed by atoms with van der Waals surface area (Å²) in [6.45, 7) is 2.37. The van der Waals surface area contributed by atoms with Crippen molar-refractivity contribution in [1.82, 2.24) is 0 Å². The van der Waals surface area contributed by atoms with Gasteiger partial charge < -0.3 is 14.6 Å². The molecule has 38 heavy (non-hydrogen) atoms. The van der Waals surface area contributed by atoms with E-state index in [4.69, 9.17) is 16.3 Å². The van der Waals surface area contributed by atoms with E-state index >= 15 is 0 Å². The number of ether oxygens (including phenoxy) is 2. The summed E-state index contributed by atoms with van der Waals surface area (Å²) in [5.74, 6) is -2.88. The molecule has 2 N–H and O–H groups in total. The number of halogens is 5. The van der Waals surface area contributed by atoms with E-state index in [-0.39, 0.29) is 35.0 Å². The Morgan fingerprint density at radius 1 is 1.24 bits per heavy atom. The Balaban J connectivity index is 1.99. The van der Waals surface area contributed by atoms with Crippen molar-refractivity contribution in [1.29, 1.82) is 0 Å². The van der Waals surface area contributed by atoms with Crippen LogP contribution in [-0.2, 0) is 19.6 Å². The van der Waals surface area contributed by atoms with E-state index in [1.54, 1.807) is 0 Å². The van der Waals surface area contributed by atoms with Gasteiger partial charge in [-0.25, -0.2) is 17.6 Å². The van der Waals surface area contributed by atoms with E-state index in [1.165, 1.54) is 19.1 Å². The fraction of sp³-hybridized carbons (Fsp3) is 0.391. The zero-order chi connectivity index (χ0) is 28.6. The summed E-state index contributed by atoms with van der Waals surface area (Å²) in [6, 6.07) is 6.38. The second-order valence-corrected chi connectivity index (χ2v) is 11.3. The molecule has 0 radical (unpaired) electrons. The van der Waals surface area contributed by atoms with E-state index in [1.807, 2.05) is 0 Å². The molecule has 2 aromatic rings. The number of sulfonamides is 1. The van der Waals surface area contributed by atoms with Gasteiger partial charge in [0.2, 0.25) is 5.60 Å². The summed E-state index contributed by atoms with van der Waals surface area (Å²) in [6.07, 6.45) is -7.27. The van der Waals surface area contributed by atoms with Crippen molar-refractivity contribution >= 4 is 45.1 Å². The van der Waals surface area contributed by atoms with Crippen LogP contribution >= 0.6 is 11.6 Å². The highest BCUT2D eigenvalue weighted by Crippen LogP contribution is 2.40. The Morgan fingerprint density at radius 3 is 2.47 bits per heavy atom. The lowest BCUT2D eigenvalue weighted by Gasteiger charge is -2.36. The molecule has 0 aromatic heterocycles. The molecule has 0 bridgehead atoms. The topological polar surface area (TPSA) is 122 Å². The monoisotopic (exact) mass is 582 g/mol. The third-order valence-corrected chi connectivity index (χ3v) is 7.75. The Kier molecular flexibility index (Phi) is 8.08. The Morgan fingerprint density at radius 2 is 1.89 bits per heavy atom. The molecule has 1 unspecified atom stereocenters. The molecule has 2 aromatic carbocycles. The van der Waals surface area contributed by atoms with E-state index in [0.29, 0.717) is 13.8 Å². The van der Waals surface area contributed by atoms with Gasteiger partial charge in [-0.2, -0.15) is 13.2 Å². The lowest BCUT2D eigenvalue weighted by Crippen LogP contribution is -2.45. The minimum Gasteiger partial charge on any atom is -0.486 e. The molecular weight excluding hydrogens is 560 g/mol. The summed E-state index contributed by atoms with van der Waals surface area (Å²) in [7, 11) is -4.43. The van der Waals surface area contributed by atoms with Crippen molar-refractivity contribution in [2.75, 3.05) is 16.2 Å². The van der Waals surface area contributed by atoms with Crippen LogP contribution in [0.5, 0.6) is 5.75 Å². The van der Waals surface area contributed by atoms with Crippen LogP contribution in [0.1, 0.15) is 27.2 Å². The van der Waals surface area contributed by atoms with Crippen molar-refractivity contribution in [3.05, 3.63) is 47.2 Å². The number of benzene rings is 2. The van der Waals surface area contributed by atoms with Gasteiger partial charge in [-0.3, -0.25) is 14.4 Å². The van der Waals surface area contributed by atoms with Crippen LogP contribution < -0.4 is 14.4 Å². The third kappa shape index (κ3) is 6.23. The summed E-state index contributed by atoms with van der Waals surface area (Å²) in [4.78, 5) is 23.1. The lowest BCUT2D eigenvalue weighted by molar-refractivity contribution is -0.242. The molecule has 0 fully saturated rings. The van der Waals surface area contributed by atoms with E-state index < -0.39 is 56.7 Å². The van der Waals surface area contributed by atoms with Gasteiger partial charge in [-0.15, -0.1) is 0 Å². The number of alkyl halides is 3. The Labute approximate surface area is 220 Å². The lowest BCUT2D eigenvalue weighted by atomic mass is 10.0. The number of anilines is 2. The number of carboxylic acid groups (broad SMARTS) is 1. The second kappa shape index (κ2) is 10.5. The maximum Gasteiger partial charge on any atom is 0.427 e. The van der Waals surface area contributed by atoms with Gasteiger partial charge in [0.15, 0.2) is 0 Å². The largest absolute Gasteiger partial charge is 0.486 e. The number of hydrogen-bond donors (Lipinski definition) is 2. The van der Waals surface area contributed by atoms with Gasteiger partial charge in [0.05, 0.1) is 28.1 Å². The molecule has 15 heteroatoms. The van der Waals surface area contributed by atoms with Crippen LogP contribution in [0.4, 0.5) is 33.7 Å².